The van der Waals surface area contributed by atoms with Crippen LogP contribution in [-0.2, 0) is 0 Å². The van der Waals surface area contributed by atoms with Gasteiger partial charge in [-0.15, -0.1) is 0 Å². The van der Waals surface area contributed by atoms with Gasteiger partial charge in [0.1, 0.15) is 0 Å². The topological polar surface area (TPSA) is 58.4 Å². The molecule has 1 aromatic rings. The molecule has 1 rings (SSSR count). The molecule has 1 atom stereocenters. The maximum absolute atomic E-state index is 11.9. The molecule has 0 aromatic heterocycles. The smallest absolute Gasteiger partial charge is 0.253 e. The van der Waals surface area contributed by atoms with E-state index in [1.807, 2.05) is 17.8 Å². The average molecular weight is 281 g/mol. The number of anilines is 2. The predicted molar refractivity (Wildman–Crippen MR) is 85.0 cm³/mol. The number of nitrogens with one attached hydrogen (secondary N) is 1. The van der Waals surface area contributed by atoms with Gasteiger partial charge in [-0.25, -0.2) is 0 Å². The first-order valence-electron chi connectivity index (χ1n) is 6.33. The number of nitrogens with two attached hydrogens (primary N) is 1. The summed E-state index contributed by atoms with van der Waals surface area (Å²) >= 11 is 1.84. The summed E-state index contributed by atoms with van der Waals surface area (Å²) in [4.78, 5) is 13.5. The van der Waals surface area contributed by atoms with E-state index in [-0.39, 0.29) is 5.91 Å². The molecule has 0 heterocycles. The van der Waals surface area contributed by atoms with Crippen LogP contribution in [0.2, 0.25) is 0 Å². The number of nitrogens with zero attached hydrogens (tertiary/aromatic N) is 1. The van der Waals surface area contributed by atoms with Gasteiger partial charge >= 0.3 is 0 Å². The molecule has 0 aliphatic heterocycles. The highest BCUT2D eigenvalue weighted by Crippen LogP contribution is 2.21. The normalized spacial score (nSPS) is 12.0. The molecule has 106 valence electrons. The Morgan fingerprint density at radius 3 is 2.74 bits per heavy atom. The molecule has 0 fully saturated rings. The third kappa shape index (κ3) is 4.67. The van der Waals surface area contributed by atoms with Crippen molar-refractivity contribution in [1.29, 1.82) is 0 Å². The number of carbonyl (C=O) groups is 1. The highest BCUT2D eigenvalue weighted by molar-refractivity contribution is 7.99. The largest absolute Gasteiger partial charge is 0.397 e. The van der Waals surface area contributed by atoms with Crippen LogP contribution in [0.4, 0.5) is 11.4 Å². The van der Waals surface area contributed by atoms with Crippen LogP contribution in [0.5, 0.6) is 0 Å². The van der Waals surface area contributed by atoms with Crippen LogP contribution in [0.1, 0.15) is 23.7 Å². The Hall–Kier alpha value is -1.36. The van der Waals surface area contributed by atoms with E-state index in [4.69, 9.17) is 5.73 Å². The third-order valence-electron chi connectivity index (χ3n) is 2.98. The maximum Gasteiger partial charge on any atom is 0.253 e. The second kappa shape index (κ2) is 7.28. The van der Waals surface area contributed by atoms with Crippen molar-refractivity contribution in [2.75, 3.05) is 37.9 Å². The molecule has 3 N–H and O–H groups in total. The zero-order valence-corrected chi connectivity index (χ0v) is 12.9. The molecule has 0 spiro atoms. The first-order valence-corrected chi connectivity index (χ1v) is 7.62. The van der Waals surface area contributed by atoms with Gasteiger partial charge in [-0.05, 0) is 30.9 Å². The van der Waals surface area contributed by atoms with Crippen LogP contribution >= 0.6 is 11.8 Å². The molecule has 0 radical (unpaired) electrons. The summed E-state index contributed by atoms with van der Waals surface area (Å²) in [6.45, 7) is 3.05. The van der Waals surface area contributed by atoms with Crippen LogP contribution in [-0.4, -0.2) is 43.0 Å². The number of hydrogen-bond donors (Lipinski definition) is 2. The van der Waals surface area contributed by atoms with Gasteiger partial charge in [-0.2, -0.15) is 11.8 Å². The van der Waals surface area contributed by atoms with Crippen molar-refractivity contribution in [1.82, 2.24) is 4.90 Å². The van der Waals surface area contributed by atoms with E-state index >= 15 is 0 Å². The summed E-state index contributed by atoms with van der Waals surface area (Å²) in [6.07, 6.45) is 3.17. The van der Waals surface area contributed by atoms with Crippen LogP contribution in [0.15, 0.2) is 18.2 Å². The summed E-state index contributed by atoms with van der Waals surface area (Å²) in [7, 11) is 3.48. The van der Waals surface area contributed by atoms with Crippen molar-refractivity contribution in [3.05, 3.63) is 23.8 Å². The fourth-order valence-corrected chi connectivity index (χ4v) is 1.98. The second-order valence-electron chi connectivity index (χ2n) is 4.76. The highest BCUT2D eigenvalue weighted by Gasteiger charge is 2.10. The van der Waals surface area contributed by atoms with Crippen LogP contribution < -0.4 is 11.1 Å². The lowest BCUT2D eigenvalue weighted by atomic mass is 10.1. The van der Waals surface area contributed by atoms with E-state index < -0.39 is 0 Å². The SMILES string of the molecule is CSC(C)CCNc1cc(C(=O)N(C)C)ccc1N. The lowest BCUT2D eigenvalue weighted by Gasteiger charge is -2.15. The van der Waals surface area contributed by atoms with Crippen LogP contribution in [0.3, 0.4) is 0 Å². The van der Waals surface area contributed by atoms with Gasteiger partial charge in [0.25, 0.3) is 5.91 Å². The number of benzene rings is 1. The third-order valence-corrected chi connectivity index (χ3v) is 4.02. The first-order chi connectivity index (χ1) is 8.95. The zero-order chi connectivity index (χ0) is 14.4. The highest BCUT2D eigenvalue weighted by atomic mass is 32.2. The second-order valence-corrected chi connectivity index (χ2v) is 6.04. The Balaban J connectivity index is 2.72. The van der Waals surface area contributed by atoms with E-state index in [0.717, 1.165) is 18.7 Å². The van der Waals surface area contributed by atoms with Crippen molar-refractivity contribution in [3.8, 4) is 0 Å². The minimum Gasteiger partial charge on any atom is -0.397 e. The molecule has 0 bridgehead atoms. The molecule has 1 aromatic carbocycles. The summed E-state index contributed by atoms with van der Waals surface area (Å²) in [6, 6.07) is 5.35. The maximum atomic E-state index is 11.9. The summed E-state index contributed by atoms with van der Waals surface area (Å²) < 4.78 is 0. The molecular weight excluding hydrogens is 258 g/mol. The van der Waals surface area contributed by atoms with Crippen molar-refractivity contribution < 1.29 is 4.79 Å². The Morgan fingerprint density at radius 1 is 1.47 bits per heavy atom. The number of rotatable bonds is 6. The lowest BCUT2D eigenvalue weighted by molar-refractivity contribution is 0.0827. The monoisotopic (exact) mass is 281 g/mol. The Bertz CT molecular complexity index is 435. The average Bonchev–Trinajstić information content (AvgIpc) is 2.39. The molecule has 19 heavy (non-hydrogen) atoms. The molecule has 5 heteroatoms. The van der Waals surface area contributed by atoms with E-state index in [9.17, 15) is 4.79 Å². The van der Waals surface area contributed by atoms with Gasteiger partial charge in [0.2, 0.25) is 0 Å². The van der Waals surface area contributed by atoms with E-state index in [2.05, 4.69) is 18.5 Å². The van der Waals surface area contributed by atoms with E-state index in [1.165, 1.54) is 0 Å². The predicted octanol–water partition coefficient (Wildman–Crippen LogP) is 2.52. The van der Waals surface area contributed by atoms with Crippen molar-refractivity contribution in [3.63, 3.8) is 0 Å². The zero-order valence-electron chi connectivity index (χ0n) is 12.1. The standard InChI is InChI=1S/C14H23N3OS/c1-10(19-4)7-8-16-13-9-11(5-6-12(13)15)14(18)17(2)3/h5-6,9-10,16H,7-8,15H2,1-4H3. The van der Waals surface area contributed by atoms with Crippen molar-refractivity contribution in [2.45, 2.75) is 18.6 Å². The fourth-order valence-electron chi connectivity index (χ4n) is 1.63. The summed E-state index contributed by atoms with van der Waals surface area (Å²) in [5, 5.41) is 3.91. The Morgan fingerprint density at radius 2 is 2.16 bits per heavy atom. The van der Waals surface area contributed by atoms with E-state index in [0.29, 0.717) is 16.5 Å². The molecule has 0 saturated carbocycles. The lowest BCUT2D eigenvalue weighted by Crippen LogP contribution is -2.22. The minimum absolute atomic E-state index is 0.0134. The van der Waals surface area contributed by atoms with Gasteiger partial charge in [-0.3, -0.25) is 4.79 Å². The minimum atomic E-state index is -0.0134. The quantitative estimate of drug-likeness (QED) is 0.787. The number of thioether (sulfide) groups is 1. The number of amides is 1. The van der Waals surface area contributed by atoms with Gasteiger partial charge < -0.3 is 16.0 Å². The molecule has 1 amide bonds. The Kier molecular flexibility index (Phi) is 6.02. The first kappa shape index (κ1) is 15.7. The number of carbonyl (C=O) groups excluding carboxylic acids is 1. The molecular formula is C14H23N3OS. The van der Waals surface area contributed by atoms with Crippen molar-refractivity contribution >= 4 is 29.0 Å². The van der Waals surface area contributed by atoms with Gasteiger partial charge in [0, 0.05) is 31.5 Å². The van der Waals surface area contributed by atoms with Crippen LogP contribution in [0.25, 0.3) is 0 Å². The van der Waals surface area contributed by atoms with Crippen LogP contribution in [0, 0.1) is 0 Å². The van der Waals surface area contributed by atoms with Crippen molar-refractivity contribution in [2.24, 2.45) is 0 Å². The summed E-state index contributed by atoms with van der Waals surface area (Å²) in [5.41, 5.74) is 8.08. The molecule has 1 unspecified atom stereocenters. The van der Waals surface area contributed by atoms with Gasteiger partial charge in [0.15, 0.2) is 0 Å². The Labute approximate surface area is 119 Å². The summed E-state index contributed by atoms with van der Waals surface area (Å²) in [5.74, 6) is -0.0134. The molecule has 4 nitrogen and oxygen atoms in total. The molecule has 0 aliphatic rings. The number of hydrogen-bond acceptors (Lipinski definition) is 4. The fraction of sp³-hybridized carbons (Fsp3) is 0.500. The molecule has 0 aliphatic carbocycles. The number of nitrogen functional groups attached to an aromatic ring is 1. The van der Waals surface area contributed by atoms with E-state index in [1.54, 1.807) is 31.1 Å². The molecule has 0 saturated heterocycles. The van der Waals surface area contributed by atoms with Gasteiger partial charge in [-0.1, -0.05) is 6.92 Å². The van der Waals surface area contributed by atoms with Gasteiger partial charge in [0.05, 0.1) is 11.4 Å².